The third-order valence-corrected chi connectivity index (χ3v) is 8.89. The summed E-state index contributed by atoms with van der Waals surface area (Å²) in [5, 5.41) is 5.69. The fourth-order valence-corrected chi connectivity index (χ4v) is 6.49. The Kier molecular flexibility index (Phi) is 7.26. The van der Waals surface area contributed by atoms with Crippen LogP contribution in [0, 0.1) is 6.92 Å². The molecule has 0 fully saturated rings. The molecule has 3 aliphatic rings. The number of carbonyl (C=O) groups excluding carboxylic acids is 2. The van der Waals surface area contributed by atoms with Gasteiger partial charge in [-0.1, -0.05) is 30.3 Å². The summed E-state index contributed by atoms with van der Waals surface area (Å²) in [4.78, 5) is 68.3. The molecule has 1 atom stereocenters. The number of halogens is 2. The second-order valence-electron chi connectivity index (χ2n) is 11.9. The van der Waals surface area contributed by atoms with Gasteiger partial charge >= 0.3 is 0 Å². The van der Waals surface area contributed by atoms with Crippen LogP contribution in [-0.4, -0.2) is 34.2 Å². The molecule has 1 aromatic heterocycles. The molecular formula is C33H28F2N8O5. The minimum atomic E-state index is -3.30. The summed E-state index contributed by atoms with van der Waals surface area (Å²) in [5.41, 5.74) is 10.5. The van der Waals surface area contributed by atoms with E-state index in [-0.39, 0.29) is 58.9 Å². The zero-order valence-electron chi connectivity index (χ0n) is 25.5. The third-order valence-electron chi connectivity index (χ3n) is 8.89. The van der Waals surface area contributed by atoms with E-state index >= 15 is 0 Å². The van der Waals surface area contributed by atoms with Gasteiger partial charge in [-0.15, -0.1) is 0 Å². The van der Waals surface area contributed by atoms with E-state index in [1.165, 1.54) is 24.3 Å². The Morgan fingerprint density at radius 1 is 1.12 bits per heavy atom. The van der Waals surface area contributed by atoms with Crippen LogP contribution in [0.1, 0.15) is 72.4 Å². The summed E-state index contributed by atoms with van der Waals surface area (Å²) in [6, 6.07) is 9.13. The van der Waals surface area contributed by atoms with Crippen LogP contribution >= 0.6 is 0 Å². The monoisotopic (exact) mass is 654 g/mol. The minimum absolute atomic E-state index is 0.00539. The molecule has 2 amide bonds. The lowest BCUT2D eigenvalue weighted by Crippen LogP contribution is -2.48. The molecule has 3 aromatic carbocycles. The topological polar surface area (TPSA) is 181 Å². The van der Waals surface area contributed by atoms with Crippen LogP contribution in [0.5, 0.6) is 0 Å². The van der Waals surface area contributed by atoms with Gasteiger partial charge in [-0.2, -0.15) is 13.8 Å². The van der Waals surface area contributed by atoms with Crippen LogP contribution in [0.25, 0.3) is 0 Å². The summed E-state index contributed by atoms with van der Waals surface area (Å²) in [7, 11) is 0. The van der Waals surface area contributed by atoms with Gasteiger partial charge in [-0.3, -0.25) is 19.2 Å². The fourth-order valence-electron chi connectivity index (χ4n) is 6.49. The molecule has 15 heteroatoms. The fraction of sp³-hybridized carbons (Fsp3) is 0.242. The molecule has 0 radical (unpaired) electrons. The molecular weight excluding hydrogens is 626 g/mol. The minimum Gasteiger partial charge on any atom is -0.394 e. The number of nitrogen functional groups attached to an aromatic ring is 1. The highest BCUT2D eigenvalue weighted by Crippen LogP contribution is 2.39. The number of aliphatic imine (C=N–C) groups is 1. The van der Waals surface area contributed by atoms with Crippen LogP contribution in [0.3, 0.4) is 0 Å². The number of aromatic nitrogens is 2. The molecule has 1 aliphatic carbocycles. The molecule has 0 saturated heterocycles. The van der Waals surface area contributed by atoms with E-state index in [1.807, 2.05) is 19.1 Å². The van der Waals surface area contributed by atoms with Crippen molar-refractivity contribution in [3.63, 3.8) is 0 Å². The van der Waals surface area contributed by atoms with Crippen molar-refractivity contribution in [3.8, 4) is 0 Å². The van der Waals surface area contributed by atoms with Gasteiger partial charge < -0.3 is 26.1 Å². The molecule has 0 spiro atoms. The van der Waals surface area contributed by atoms with Gasteiger partial charge in [0.05, 0.1) is 12.6 Å². The number of hydrogen-bond donors (Lipinski definition) is 4. The number of anilines is 2. The van der Waals surface area contributed by atoms with E-state index in [2.05, 4.69) is 37.7 Å². The molecule has 244 valence electrons. The first-order chi connectivity index (χ1) is 22.9. The first-order valence-electron chi connectivity index (χ1n) is 15.0. The van der Waals surface area contributed by atoms with E-state index in [4.69, 9.17) is 10.6 Å². The number of rotatable bonds is 7. The van der Waals surface area contributed by atoms with E-state index in [0.717, 1.165) is 39.9 Å². The number of benzene rings is 2. The molecule has 48 heavy (non-hydrogen) atoms. The number of nitrogens with zero attached hydrogens (tertiary/aromatic N) is 4. The largest absolute Gasteiger partial charge is 0.394 e. The first-order valence-corrected chi connectivity index (χ1v) is 15.0. The molecule has 0 bridgehead atoms. The van der Waals surface area contributed by atoms with Gasteiger partial charge in [0, 0.05) is 30.3 Å². The lowest BCUT2D eigenvalue weighted by molar-refractivity contribution is -0.00253. The van der Waals surface area contributed by atoms with Gasteiger partial charge in [0.25, 0.3) is 28.6 Å². The maximum absolute atomic E-state index is 15.0. The predicted molar refractivity (Wildman–Crippen MR) is 170 cm³/mol. The number of carbonyl (C=O) groups is 2. The van der Waals surface area contributed by atoms with Crippen LogP contribution < -0.4 is 37.6 Å². The number of amidine groups is 1. The summed E-state index contributed by atoms with van der Waals surface area (Å²) >= 11 is 0. The standard InChI is InChI=1S/C33H28F2N8O5/c1-15-19-6-8-23(21(19)5-4-20(15)30-40-16(2)48-42-30)41-32(47)25-10-24(38-14-39-25)31(46)37-11-17-3-7-22-18(9-17)12-43(13-33(22,34)35)27-26(36)28(44)29(27)45/h3-5,7,9-10,14,23H,2,6,8,11-13,36H2,1H3,(H,37,46)(H,40,42)(H,41,47)/t23-/m0/s1. The van der Waals surface area contributed by atoms with Crippen LogP contribution in [-0.2, 0) is 30.3 Å². The van der Waals surface area contributed by atoms with Crippen molar-refractivity contribution >= 4 is 29.0 Å². The highest BCUT2D eigenvalue weighted by atomic mass is 19.3. The van der Waals surface area contributed by atoms with Crippen molar-refractivity contribution in [1.29, 1.82) is 0 Å². The number of nitrogens with two attached hydrogens (primary N) is 1. The van der Waals surface area contributed by atoms with E-state index < -0.39 is 35.1 Å². The van der Waals surface area contributed by atoms with Crippen molar-refractivity contribution in [2.24, 2.45) is 4.99 Å². The van der Waals surface area contributed by atoms with Crippen molar-refractivity contribution in [2.75, 3.05) is 17.2 Å². The third kappa shape index (κ3) is 5.22. The van der Waals surface area contributed by atoms with Crippen molar-refractivity contribution in [2.45, 2.75) is 44.8 Å². The van der Waals surface area contributed by atoms with Crippen LogP contribution in [0.2, 0.25) is 0 Å². The summed E-state index contributed by atoms with van der Waals surface area (Å²) in [5.74, 6) is -3.52. The van der Waals surface area contributed by atoms with Gasteiger partial charge in [0.2, 0.25) is 5.88 Å². The Labute approximate surface area is 271 Å². The smallest absolute Gasteiger partial charge is 0.290 e. The second-order valence-corrected chi connectivity index (χ2v) is 11.9. The number of hydroxylamine groups is 1. The van der Waals surface area contributed by atoms with Crippen molar-refractivity contribution in [1.82, 2.24) is 26.1 Å². The zero-order chi connectivity index (χ0) is 33.9. The lowest BCUT2D eigenvalue weighted by atomic mass is 9.93. The Balaban J connectivity index is 1.01. The van der Waals surface area contributed by atoms with Crippen molar-refractivity contribution in [3.05, 3.63) is 126 Å². The number of alkyl halides is 2. The molecule has 2 aliphatic heterocycles. The Morgan fingerprint density at radius 2 is 1.90 bits per heavy atom. The van der Waals surface area contributed by atoms with Gasteiger partial charge in [-0.25, -0.2) is 15.4 Å². The molecule has 0 unspecified atom stereocenters. The number of nitrogens with one attached hydrogen (secondary N) is 3. The lowest BCUT2D eigenvalue weighted by Gasteiger charge is -2.36. The molecule has 5 N–H and O–H groups in total. The predicted octanol–water partition coefficient (Wildman–Crippen LogP) is 2.18. The Morgan fingerprint density at radius 3 is 2.62 bits per heavy atom. The van der Waals surface area contributed by atoms with Gasteiger partial charge in [-0.05, 0) is 54.2 Å². The van der Waals surface area contributed by atoms with Gasteiger partial charge in [0.1, 0.15) is 29.1 Å². The highest BCUT2D eigenvalue weighted by Gasteiger charge is 2.42. The van der Waals surface area contributed by atoms with Gasteiger partial charge in [0.15, 0.2) is 5.84 Å². The molecule has 3 heterocycles. The molecule has 4 aromatic rings. The molecule has 0 saturated carbocycles. The molecule has 13 nitrogen and oxygen atoms in total. The van der Waals surface area contributed by atoms with Crippen LogP contribution in [0.4, 0.5) is 20.2 Å². The summed E-state index contributed by atoms with van der Waals surface area (Å²) < 4.78 is 29.9. The van der Waals surface area contributed by atoms with E-state index in [0.29, 0.717) is 17.8 Å². The normalized spacial score (nSPS) is 17.6. The maximum atomic E-state index is 15.0. The van der Waals surface area contributed by atoms with E-state index in [1.54, 1.807) is 0 Å². The van der Waals surface area contributed by atoms with Crippen LogP contribution in [0.15, 0.2) is 69.8 Å². The Hall–Kier alpha value is -5.99. The highest BCUT2D eigenvalue weighted by molar-refractivity contribution is 6.01. The quantitative estimate of drug-likeness (QED) is 0.216. The average molecular weight is 655 g/mol. The zero-order valence-corrected chi connectivity index (χ0v) is 25.5. The van der Waals surface area contributed by atoms with E-state index in [9.17, 15) is 28.0 Å². The van der Waals surface area contributed by atoms with Crippen molar-refractivity contribution < 1.29 is 23.2 Å². The number of amides is 2. The summed E-state index contributed by atoms with van der Waals surface area (Å²) in [6.07, 6.45) is 2.54. The number of hydrogen-bond acceptors (Lipinski definition) is 11. The SMILES string of the molecule is C=C1N=C(c2ccc3c(c2C)CC[C@@H]3NC(=O)c2cc(C(=O)NCc3ccc4c(c3)CN(c3c(N)c(=O)c3=O)CC4(F)F)ncn2)NO1. The maximum Gasteiger partial charge on any atom is 0.290 e. The summed E-state index contributed by atoms with van der Waals surface area (Å²) in [6.45, 7) is 4.79. The second kappa shape index (κ2) is 11.4. The Bertz CT molecular complexity index is 2160. The molecule has 7 rings (SSSR count). The number of fused-ring (bicyclic) bond motifs is 2. The average Bonchev–Trinajstić information content (AvgIpc) is 3.69. The first kappa shape index (κ1) is 30.7.